The van der Waals surface area contributed by atoms with Crippen molar-refractivity contribution in [1.29, 1.82) is 0 Å². The van der Waals surface area contributed by atoms with Crippen LogP contribution < -0.4 is 11.1 Å². The molecular formula is C10H22N2OS. The van der Waals surface area contributed by atoms with Gasteiger partial charge in [-0.3, -0.25) is 4.79 Å². The van der Waals surface area contributed by atoms with Gasteiger partial charge in [0.1, 0.15) is 0 Å². The molecule has 0 aromatic carbocycles. The summed E-state index contributed by atoms with van der Waals surface area (Å²) in [6.45, 7) is 8.88. The summed E-state index contributed by atoms with van der Waals surface area (Å²) in [5.74, 6) is 1.10. The molecule has 2 unspecified atom stereocenters. The second-order valence-electron chi connectivity index (χ2n) is 3.96. The number of hydrogen-bond donors (Lipinski definition) is 2. The summed E-state index contributed by atoms with van der Waals surface area (Å²) in [6.07, 6.45) is 0. The molecule has 3 nitrogen and oxygen atoms in total. The Hall–Kier alpha value is -0.220. The molecule has 0 radical (unpaired) electrons. The maximum absolute atomic E-state index is 11.4. The lowest BCUT2D eigenvalue weighted by molar-refractivity contribution is -0.119. The van der Waals surface area contributed by atoms with Crippen LogP contribution in [0, 0.1) is 5.92 Å². The van der Waals surface area contributed by atoms with Crippen LogP contribution in [0.5, 0.6) is 0 Å². The van der Waals surface area contributed by atoms with Crippen LogP contribution >= 0.6 is 11.8 Å². The van der Waals surface area contributed by atoms with Crippen molar-refractivity contribution >= 4 is 17.7 Å². The lowest BCUT2D eigenvalue weighted by Gasteiger charge is -2.17. The van der Waals surface area contributed by atoms with Gasteiger partial charge in [0.15, 0.2) is 0 Å². The van der Waals surface area contributed by atoms with Crippen LogP contribution in [0.4, 0.5) is 0 Å². The Balaban J connectivity index is 3.65. The minimum atomic E-state index is 0.108. The highest BCUT2D eigenvalue weighted by molar-refractivity contribution is 8.00. The average molecular weight is 218 g/mol. The van der Waals surface area contributed by atoms with Crippen molar-refractivity contribution in [3.8, 4) is 0 Å². The van der Waals surface area contributed by atoms with Gasteiger partial charge in [-0.15, -0.1) is 11.8 Å². The Morgan fingerprint density at radius 3 is 2.36 bits per heavy atom. The van der Waals surface area contributed by atoms with E-state index >= 15 is 0 Å². The van der Waals surface area contributed by atoms with Crippen LogP contribution in [-0.2, 0) is 4.79 Å². The molecule has 0 aliphatic heterocycles. The molecule has 3 N–H and O–H groups in total. The van der Waals surface area contributed by atoms with Gasteiger partial charge in [-0.2, -0.15) is 0 Å². The van der Waals surface area contributed by atoms with E-state index in [1.54, 1.807) is 11.8 Å². The van der Waals surface area contributed by atoms with Gasteiger partial charge in [-0.05, 0) is 12.8 Å². The molecule has 4 heteroatoms. The van der Waals surface area contributed by atoms with Crippen molar-refractivity contribution in [3.05, 3.63) is 0 Å². The Kier molecular flexibility index (Phi) is 7.01. The van der Waals surface area contributed by atoms with Gasteiger partial charge in [0.2, 0.25) is 5.91 Å². The van der Waals surface area contributed by atoms with Gasteiger partial charge in [0.05, 0.1) is 5.75 Å². The third-order valence-electron chi connectivity index (χ3n) is 2.22. The summed E-state index contributed by atoms with van der Waals surface area (Å²) >= 11 is 1.60. The quantitative estimate of drug-likeness (QED) is 0.705. The maximum atomic E-state index is 11.4. The highest BCUT2D eigenvalue weighted by atomic mass is 32.2. The van der Waals surface area contributed by atoms with E-state index in [0.717, 1.165) is 0 Å². The van der Waals surface area contributed by atoms with Crippen molar-refractivity contribution in [1.82, 2.24) is 5.32 Å². The van der Waals surface area contributed by atoms with Crippen molar-refractivity contribution in [3.63, 3.8) is 0 Å². The lowest BCUT2D eigenvalue weighted by atomic mass is 10.1. The molecule has 0 aromatic heterocycles. The highest BCUT2D eigenvalue weighted by Crippen LogP contribution is 2.08. The second-order valence-corrected chi connectivity index (χ2v) is 5.38. The Labute approximate surface area is 91.2 Å². The van der Waals surface area contributed by atoms with Crippen molar-refractivity contribution in [2.24, 2.45) is 11.7 Å². The first kappa shape index (κ1) is 13.8. The van der Waals surface area contributed by atoms with Crippen molar-refractivity contribution < 1.29 is 4.79 Å². The monoisotopic (exact) mass is 218 g/mol. The Morgan fingerprint density at radius 1 is 1.36 bits per heavy atom. The van der Waals surface area contributed by atoms with Crippen LogP contribution in [0.3, 0.4) is 0 Å². The molecular weight excluding hydrogens is 196 g/mol. The molecule has 0 aliphatic carbocycles. The molecule has 14 heavy (non-hydrogen) atoms. The fraction of sp³-hybridized carbons (Fsp3) is 0.900. The smallest absolute Gasteiger partial charge is 0.230 e. The maximum Gasteiger partial charge on any atom is 0.230 e. The summed E-state index contributed by atoms with van der Waals surface area (Å²) < 4.78 is 0. The molecule has 84 valence electrons. The number of carbonyl (C=O) groups is 1. The third kappa shape index (κ3) is 6.27. The first-order valence-electron chi connectivity index (χ1n) is 5.08. The number of thioether (sulfide) groups is 1. The number of nitrogens with one attached hydrogen (secondary N) is 1. The van der Waals surface area contributed by atoms with Crippen molar-refractivity contribution in [2.45, 2.75) is 39.0 Å². The zero-order valence-corrected chi connectivity index (χ0v) is 10.4. The molecule has 0 heterocycles. The lowest BCUT2D eigenvalue weighted by Crippen LogP contribution is -2.37. The fourth-order valence-electron chi connectivity index (χ4n) is 0.748. The van der Waals surface area contributed by atoms with Gasteiger partial charge in [-0.1, -0.05) is 20.8 Å². The van der Waals surface area contributed by atoms with Crippen molar-refractivity contribution in [2.75, 3.05) is 12.3 Å². The Morgan fingerprint density at radius 2 is 1.93 bits per heavy atom. The largest absolute Gasteiger partial charge is 0.353 e. The number of rotatable bonds is 6. The zero-order chi connectivity index (χ0) is 11.1. The van der Waals surface area contributed by atoms with Crippen LogP contribution in [-0.4, -0.2) is 29.5 Å². The number of amides is 1. The van der Waals surface area contributed by atoms with Crippen LogP contribution in [0.2, 0.25) is 0 Å². The number of carbonyl (C=O) groups excluding carboxylic acids is 1. The van der Waals surface area contributed by atoms with E-state index in [4.69, 9.17) is 5.73 Å². The van der Waals surface area contributed by atoms with E-state index < -0.39 is 0 Å². The van der Waals surface area contributed by atoms with Crippen LogP contribution in [0.15, 0.2) is 0 Å². The molecule has 0 fully saturated rings. The third-order valence-corrected chi connectivity index (χ3v) is 3.41. The fourth-order valence-corrected chi connectivity index (χ4v) is 1.40. The van der Waals surface area contributed by atoms with Gasteiger partial charge in [0.25, 0.3) is 0 Å². The van der Waals surface area contributed by atoms with E-state index in [0.29, 0.717) is 23.5 Å². The van der Waals surface area contributed by atoms with Crippen LogP contribution in [0.1, 0.15) is 27.7 Å². The molecule has 0 aliphatic rings. The predicted molar refractivity (Wildman–Crippen MR) is 63.4 cm³/mol. The highest BCUT2D eigenvalue weighted by Gasteiger charge is 2.11. The molecule has 0 bridgehead atoms. The summed E-state index contributed by atoms with van der Waals surface area (Å²) in [5, 5.41) is 3.31. The van der Waals surface area contributed by atoms with Crippen LogP contribution in [0.25, 0.3) is 0 Å². The first-order chi connectivity index (χ1) is 6.47. The zero-order valence-electron chi connectivity index (χ0n) is 9.54. The SMILES string of the molecule is CC(CN)SCC(=O)NC(C)C(C)C. The minimum absolute atomic E-state index is 0.108. The summed E-state index contributed by atoms with van der Waals surface area (Å²) in [6, 6.07) is 0.247. The molecule has 1 amide bonds. The minimum Gasteiger partial charge on any atom is -0.353 e. The molecule has 0 spiro atoms. The number of hydrogen-bond acceptors (Lipinski definition) is 3. The van der Waals surface area contributed by atoms with Gasteiger partial charge < -0.3 is 11.1 Å². The molecule has 0 aromatic rings. The summed E-state index contributed by atoms with van der Waals surface area (Å²) in [5.41, 5.74) is 5.46. The number of nitrogens with two attached hydrogens (primary N) is 1. The molecule has 0 rings (SSSR count). The van der Waals surface area contributed by atoms with Gasteiger partial charge in [-0.25, -0.2) is 0 Å². The normalized spacial score (nSPS) is 15.3. The topological polar surface area (TPSA) is 55.1 Å². The molecule has 0 saturated carbocycles. The standard InChI is InChI=1S/C10H22N2OS/c1-7(2)9(4)12-10(13)6-14-8(3)5-11/h7-9H,5-6,11H2,1-4H3,(H,12,13). The van der Waals surface area contributed by atoms with E-state index in [1.807, 2.05) is 13.8 Å². The van der Waals surface area contributed by atoms with Gasteiger partial charge >= 0.3 is 0 Å². The first-order valence-corrected chi connectivity index (χ1v) is 6.13. The van der Waals surface area contributed by atoms with E-state index in [-0.39, 0.29) is 11.9 Å². The Bertz CT molecular complexity index is 174. The molecule has 0 saturated heterocycles. The van der Waals surface area contributed by atoms with E-state index in [1.165, 1.54) is 0 Å². The van der Waals surface area contributed by atoms with E-state index in [2.05, 4.69) is 19.2 Å². The molecule has 2 atom stereocenters. The predicted octanol–water partition coefficient (Wildman–Crippen LogP) is 1.23. The summed E-state index contributed by atoms with van der Waals surface area (Å²) in [4.78, 5) is 11.4. The van der Waals surface area contributed by atoms with E-state index in [9.17, 15) is 4.79 Å². The second kappa shape index (κ2) is 7.12. The summed E-state index contributed by atoms with van der Waals surface area (Å²) in [7, 11) is 0. The van der Waals surface area contributed by atoms with Gasteiger partial charge in [0, 0.05) is 17.8 Å². The average Bonchev–Trinajstić information content (AvgIpc) is 2.13.